The van der Waals surface area contributed by atoms with E-state index in [1.54, 1.807) is 19.4 Å². The molecule has 2 aromatic rings. The van der Waals surface area contributed by atoms with Crippen LogP contribution < -0.4 is 14.8 Å². The fourth-order valence-corrected chi connectivity index (χ4v) is 3.39. The predicted molar refractivity (Wildman–Crippen MR) is 108 cm³/mol. The van der Waals surface area contributed by atoms with Gasteiger partial charge in [0.15, 0.2) is 0 Å². The number of nitrogens with zero attached hydrogens (tertiary/aromatic N) is 1. The molecule has 3 rings (SSSR count). The van der Waals surface area contributed by atoms with Gasteiger partial charge in [-0.2, -0.15) is 0 Å². The number of methoxy groups -OCH3 is 1. The quantitative estimate of drug-likeness (QED) is 0.698. The zero-order chi connectivity index (χ0) is 19.8. The van der Waals surface area contributed by atoms with Gasteiger partial charge in [0.25, 0.3) is 0 Å². The van der Waals surface area contributed by atoms with Gasteiger partial charge in [0.1, 0.15) is 5.75 Å². The van der Waals surface area contributed by atoms with E-state index in [0.29, 0.717) is 44.2 Å². The molecule has 1 aliphatic heterocycles. The van der Waals surface area contributed by atoms with Crippen LogP contribution in [0.25, 0.3) is 0 Å². The Balaban J connectivity index is 1.74. The largest absolute Gasteiger partial charge is 0.497 e. The molecular formula is C22H28N2O4. The third-order valence-electron chi connectivity index (χ3n) is 5.17. The minimum absolute atomic E-state index is 0.0394. The summed E-state index contributed by atoms with van der Waals surface area (Å²) in [6, 6.07) is 11.3. The van der Waals surface area contributed by atoms with Crippen molar-refractivity contribution in [3.63, 3.8) is 0 Å². The molecule has 1 aliphatic rings. The molecular weight excluding hydrogens is 356 g/mol. The highest BCUT2D eigenvalue weighted by Gasteiger charge is 2.41. The SMILES string of the molecule is CCCCOc1ccc(NC(=O)C2(c3ccc(OC)cc3)CCOCC2)cn1. The van der Waals surface area contributed by atoms with E-state index in [1.165, 1.54) is 0 Å². The Morgan fingerprint density at radius 1 is 1.18 bits per heavy atom. The summed E-state index contributed by atoms with van der Waals surface area (Å²) >= 11 is 0. The van der Waals surface area contributed by atoms with Crippen LogP contribution in [0.1, 0.15) is 38.2 Å². The molecule has 0 radical (unpaired) electrons. The van der Waals surface area contributed by atoms with Crippen LogP contribution in [0, 0.1) is 0 Å². The topological polar surface area (TPSA) is 69.7 Å². The number of benzene rings is 1. The maximum absolute atomic E-state index is 13.3. The molecule has 2 heterocycles. The van der Waals surface area contributed by atoms with Gasteiger partial charge in [0.05, 0.1) is 31.0 Å². The number of hydrogen-bond acceptors (Lipinski definition) is 5. The highest BCUT2D eigenvalue weighted by Crippen LogP contribution is 2.37. The molecule has 0 saturated carbocycles. The highest BCUT2D eigenvalue weighted by atomic mass is 16.5. The Labute approximate surface area is 166 Å². The Bertz CT molecular complexity index is 753. The summed E-state index contributed by atoms with van der Waals surface area (Å²) in [6.45, 7) is 3.88. The minimum atomic E-state index is -0.624. The van der Waals surface area contributed by atoms with Crippen LogP contribution in [-0.2, 0) is 14.9 Å². The van der Waals surface area contributed by atoms with E-state index in [4.69, 9.17) is 14.2 Å². The lowest BCUT2D eigenvalue weighted by Crippen LogP contribution is -2.44. The van der Waals surface area contributed by atoms with Gasteiger partial charge < -0.3 is 19.5 Å². The predicted octanol–water partition coefficient (Wildman–Crippen LogP) is 3.96. The second-order valence-corrected chi connectivity index (χ2v) is 6.96. The summed E-state index contributed by atoms with van der Waals surface area (Å²) in [6.07, 6.45) is 4.98. The van der Waals surface area contributed by atoms with Gasteiger partial charge in [-0.1, -0.05) is 25.5 Å². The van der Waals surface area contributed by atoms with E-state index in [1.807, 2.05) is 30.3 Å². The van der Waals surface area contributed by atoms with Crippen molar-refractivity contribution in [2.24, 2.45) is 0 Å². The number of unbranched alkanes of at least 4 members (excludes halogenated alkanes) is 1. The lowest BCUT2D eigenvalue weighted by molar-refractivity contribution is -0.125. The van der Waals surface area contributed by atoms with Gasteiger partial charge in [0.2, 0.25) is 11.8 Å². The zero-order valence-corrected chi connectivity index (χ0v) is 16.6. The molecule has 1 amide bonds. The lowest BCUT2D eigenvalue weighted by Gasteiger charge is -2.36. The summed E-state index contributed by atoms with van der Waals surface area (Å²) < 4.78 is 16.3. The van der Waals surface area contributed by atoms with Crippen LogP contribution in [0.15, 0.2) is 42.6 Å². The molecule has 28 heavy (non-hydrogen) atoms. The van der Waals surface area contributed by atoms with Crippen molar-refractivity contribution in [1.29, 1.82) is 0 Å². The van der Waals surface area contributed by atoms with Crippen LogP contribution >= 0.6 is 0 Å². The van der Waals surface area contributed by atoms with Gasteiger partial charge in [0, 0.05) is 19.3 Å². The molecule has 1 aromatic carbocycles. The Morgan fingerprint density at radius 3 is 2.54 bits per heavy atom. The molecule has 150 valence electrons. The second-order valence-electron chi connectivity index (χ2n) is 6.96. The van der Waals surface area contributed by atoms with E-state index in [-0.39, 0.29) is 5.91 Å². The maximum Gasteiger partial charge on any atom is 0.235 e. The Kier molecular flexibility index (Phi) is 6.87. The number of carbonyl (C=O) groups is 1. The van der Waals surface area contributed by atoms with Crippen LogP contribution in [0.5, 0.6) is 11.6 Å². The van der Waals surface area contributed by atoms with Crippen molar-refractivity contribution in [3.8, 4) is 11.6 Å². The van der Waals surface area contributed by atoms with E-state index >= 15 is 0 Å². The molecule has 6 nitrogen and oxygen atoms in total. The fourth-order valence-electron chi connectivity index (χ4n) is 3.39. The lowest BCUT2D eigenvalue weighted by atomic mass is 9.73. The average molecular weight is 384 g/mol. The summed E-state index contributed by atoms with van der Waals surface area (Å²) in [4.78, 5) is 17.6. The molecule has 0 bridgehead atoms. The molecule has 1 fully saturated rings. The molecule has 0 aliphatic carbocycles. The number of pyridine rings is 1. The summed E-state index contributed by atoms with van der Waals surface area (Å²) in [5.41, 5.74) is 1.01. The van der Waals surface area contributed by atoms with Gasteiger partial charge in [-0.05, 0) is 43.0 Å². The van der Waals surface area contributed by atoms with Crippen molar-refractivity contribution < 1.29 is 19.0 Å². The monoisotopic (exact) mass is 384 g/mol. The first-order chi connectivity index (χ1) is 13.7. The van der Waals surface area contributed by atoms with Crippen LogP contribution in [-0.4, -0.2) is 37.8 Å². The normalized spacial score (nSPS) is 15.6. The van der Waals surface area contributed by atoms with Crippen molar-refractivity contribution in [2.45, 2.75) is 38.0 Å². The number of anilines is 1. The average Bonchev–Trinajstić information content (AvgIpc) is 2.75. The molecule has 0 atom stereocenters. The Hall–Kier alpha value is -2.60. The van der Waals surface area contributed by atoms with E-state index in [9.17, 15) is 4.79 Å². The fraction of sp³-hybridized carbons (Fsp3) is 0.455. The number of aromatic nitrogens is 1. The summed E-state index contributed by atoms with van der Waals surface area (Å²) in [7, 11) is 1.63. The maximum atomic E-state index is 13.3. The van der Waals surface area contributed by atoms with Crippen molar-refractivity contribution >= 4 is 11.6 Å². The van der Waals surface area contributed by atoms with Crippen molar-refractivity contribution in [1.82, 2.24) is 4.98 Å². The summed E-state index contributed by atoms with van der Waals surface area (Å²) in [5.74, 6) is 1.30. The first kappa shape index (κ1) is 20.1. The molecule has 6 heteroatoms. The molecule has 1 aromatic heterocycles. The van der Waals surface area contributed by atoms with Gasteiger partial charge in [-0.25, -0.2) is 4.98 Å². The number of hydrogen-bond donors (Lipinski definition) is 1. The molecule has 1 saturated heterocycles. The van der Waals surface area contributed by atoms with Crippen LogP contribution in [0.3, 0.4) is 0 Å². The van der Waals surface area contributed by atoms with Crippen LogP contribution in [0.4, 0.5) is 5.69 Å². The molecule has 0 unspecified atom stereocenters. The van der Waals surface area contributed by atoms with Crippen LogP contribution in [0.2, 0.25) is 0 Å². The Morgan fingerprint density at radius 2 is 1.93 bits per heavy atom. The zero-order valence-electron chi connectivity index (χ0n) is 16.6. The van der Waals surface area contributed by atoms with Crippen molar-refractivity contribution in [2.75, 3.05) is 32.2 Å². The number of rotatable bonds is 8. The third kappa shape index (κ3) is 4.62. The van der Waals surface area contributed by atoms with Crippen molar-refractivity contribution in [3.05, 3.63) is 48.2 Å². The van der Waals surface area contributed by atoms with Gasteiger partial charge in [-0.15, -0.1) is 0 Å². The first-order valence-electron chi connectivity index (χ1n) is 9.80. The highest BCUT2D eigenvalue weighted by molar-refractivity contribution is 5.99. The number of carbonyl (C=O) groups excluding carboxylic acids is 1. The second kappa shape index (κ2) is 9.55. The third-order valence-corrected chi connectivity index (χ3v) is 5.17. The molecule has 0 spiro atoms. The van der Waals surface area contributed by atoms with Gasteiger partial charge >= 0.3 is 0 Å². The summed E-state index contributed by atoms with van der Waals surface area (Å²) in [5, 5.41) is 3.03. The number of nitrogens with one attached hydrogen (secondary N) is 1. The number of ether oxygens (including phenoxy) is 3. The number of amides is 1. The molecule has 1 N–H and O–H groups in total. The van der Waals surface area contributed by atoms with E-state index < -0.39 is 5.41 Å². The van der Waals surface area contributed by atoms with Gasteiger partial charge in [-0.3, -0.25) is 4.79 Å². The standard InChI is InChI=1S/C22H28N2O4/c1-3-4-13-28-20-10-7-18(16-23-20)24-21(25)22(11-14-27-15-12-22)17-5-8-19(26-2)9-6-17/h5-10,16H,3-4,11-15H2,1-2H3,(H,24,25). The minimum Gasteiger partial charge on any atom is -0.497 e. The first-order valence-corrected chi connectivity index (χ1v) is 9.80. The van der Waals surface area contributed by atoms with E-state index in [0.717, 1.165) is 24.2 Å². The smallest absolute Gasteiger partial charge is 0.235 e. The van der Waals surface area contributed by atoms with E-state index in [2.05, 4.69) is 17.2 Å².